The molecule has 214 valence electrons. The summed E-state index contributed by atoms with van der Waals surface area (Å²) in [6.45, 7) is 1.03. The topological polar surface area (TPSA) is 82.8 Å². The molecule has 0 unspecified atom stereocenters. The molecule has 4 aromatic rings. The average Bonchev–Trinajstić information content (AvgIpc) is 2.95. The number of hydrogen-bond acceptors (Lipinski definition) is 5. The number of rotatable bonds is 10. The third-order valence-corrected chi connectivity index (χ3v) is 7.24. The summed E-state index contributed by atoms with van der Waals surface area (Å²) in [6.07, 6.45) is 0. The fourth-order valence-electron chi connectivity index (χ4n) is 4.69. The maximum atomic E-state index is 15.4. The molecule has 42 heavy (non-hydrogen) atoms. The molecule has 0 aliphatic carbocycles. The highest BCUT2D eigenvalue weighted by Gasteiger charge is 2.33. The fourth-order valence-corrected chi connectivity index (χ4v) is 4.93. The van der Waals surface area contributed by atoms with E-state index >= 15 is 4.39 Å². The van der Waals surface area contributed by atoms with Gasteiger partial charge >= 0.3 is 5.97 Å². The van der Waals surface area contributed by atoms with Crippen molar-refractivity contribution in [3.8, 4) is 28.7 Å². The first kappa shape index (κ1) is 29.0. The van der Waals surface area contributed by atoms with Crippen molar-refractivity contribution in [2.24, 2.45) is 5.92 Å². The Morgan fingerprint density at radius 2 is 1.69 bits per heavy atom. The Balaban J connectivity index is 1.38. The second kappa shape index (κ2) is 12.6. The average molecular weight is 593 g/mol. The highest BCUT2D eigenvalue weighted by Crippen LogP contribution is 2.36. The van der Waals surface area contributed by atoms with Crippen LogP contribution < -0.4 is 9.47 Å². The molecule has 10 heteroatoms. The van der Waals surface area contributed by atoms with Crippen molar-refractivity contribution in [3.63, 3.8) is 0 Å². The van der Waals surface area contributed by atoms with Gasteiger partial charge in [0.05, 0.1) is 22.6 Å². The SMILES string of the molecule is N#Cc1cccc(COc2cc(OCc3cccc(-c4cc(F)ccc4F)c3F)c(Cl)cc2CN2CC(C(=O)O)C2)c1. The number of nitrogens with zero attached hydrogens (tertiary/aromatic N) is 2. The molecule has 1 aliphatic rings. The lowest BCUT2D eigenvalue weighted by Gasteiger charge is -2.37. The summed E-state index contributed by atoms with van der Waals surface area (Å²) in [5.74, 6) is -2.87. The molecule has 1 N–H and O–H groups in total. The molecule has 0 amide bonds. The molecule has 6 nitrogen and oxygen atoms in total. The maximum Gasteiger partial charge on any atom is 0.309 e. The van der Waals surface area contributed by atoms with Gasteiger partial charge in [-0.2, -0.15) is 5.26 Å². The van der Waals surface area contributed by atoms with Gasteiger partial charge in [-0.05, 0) is 42.0 Å². The Morgan fingerprint density at radius 1 is 0.929 bits per heavy atom. The zero-order valence-corrected chi connectivity index (χ0v) is 22.9. The minimum Gasteiger partial charge on any atom is -0.488 e. The first-order chi connectivity index (χ1) is 20.2. The monoisotopic (exact) mass is 592 g/mol. The minimum absolute atomic E-state index is 0.104. The second-order valence-corrected chi connectivity index (χ2v) is 10.3. The van der Waals surface area contributed by atoms with Crippen molar-refractivity contribution >= 4 is 17.6 Å². The van der Waals surface area contributed by atoms with E-state index in [4.69, 9.17) is 21.1 Å². The molecule has 1 fully saturated rings. The lowest BCUT2D eigenvalue weighted by atomic mass is 9.99. The molecule has 0 atom stereocenters. The summed E-state index contributed by atoms with van der Waals surface area (Å²) in [5.41, 5.74) is 1.74. The number of hydrogen-bond donors (Lipinski definition) is 1. The van der Waals surface area contributed by atoms with Gasteiger partial charge in [0.1, 0.15) is 42.2 Å². The van der Waals surface area contributed by atoms with Gasteiger partial charge in [0.25, 0.3) is 0 Å². The molecule has 0 radical (unpaired) electrons. The van der Waals surface area contributed by atoms with Crippen molar-refractivity contribution in [2.45, 2.75) is 19.8 Å². The number of ether oxygens (including phenoxy) is 2. The van der Waals surface area contributed by atoms with E-state index in [9.17, 15) is 23.9 Å². The van der Waals surface area contributed by atoms with E-state index in [-0.39, 0.29) is 40.7 Å². The van der Waals surface area contributed by atoms with E-state index in [2.05, 4.69) is 6.07 Å². The van der Waals surface area contributed by atoms with Crippen LogP contribution in [0.5, 0.6) is 11.5 Å². The van der Waals surface area contributed by atoms with E-state index in [1.165, 1.54) is 18.2 Å². The zero-order chi connectivity index (χ0) is 29.8. The fraction of sp³-hybridized carbons (Fsp3) is 0.188. The molecule has 5 rings (SSSR count). The van der Waals surface area contributed by atoms with Crippen LogP contribution in [0.25, 0.3) is 11.1 Å². The van der Waals surface area contributed by atoms with Gasteiger partial charge in [0.2, 0.25) is 0 Å². The number of nitriles is 1. The summed E-state index contributed by atoms with van der Waals surface area (Å²) in [5, 5.41) is 18.6. The van der Waals surface area contributed by atoms with Crippen molar-refractivity contribution in [2.75, 3.05) is 13.1 Å². The number of likely N-dealkylation sites (tertiary alicyclic amines) is 1. The molecule has 1 heterocycles. The van der Waals surface area contributed by atoms with Gasteiger partial charge in [-0.25, -0.2) is 13.2 Å². The number of benzene rings is 4. The Bertz CT molecular complexity index is 1690. The highest BCUT2D eigenvalue weighted by atomic mass is 35.5. The van der Waals surface area contributed by atoms with Crippen LogP contribution in [-0.2, 0) is 24.6 Å². The number of halogens is 4. The lowest BCUT2D eigenvalue weighted by Crippen LogP contribution is -2.49. The second-order valence-electron chi connectivity index (χ2n) is 9.91. The number of carboxylic acid groups (broad SMARTS) is 1. The van der Waals surface area contributed by atoms with Crippen LogP contribution in [0.3, 0.4) is 0 Å². The summed E-state index contributed by atoms with van der Waals surface area (Å²) in [4.78, 5) is 13.2. The quantitative estimate of drug-likeness (QED) is 0.214. The summed E-state index contributed by atoms with van der Waals surface area (Å²) in [6, 6.07) is 19.5. The normalized spacial score (nSPS) is 13.3. The molecule has 0 bridgehead atoms. The van der Waals surface area contributed by atoms with Crippen molar-refractivity contribution in [1.29, 1.82) is 5.26 Å². The van der Waals surface area contributed by atoms with E-state index in [0.29, 0.717) is 36.5 Å². The predicted octanol–water partition coefficient (Wildman–Crippen LogP) is 6.97. The van der Waals surface area contributed by atoms with Crippen LogP contribution in [0.15, 0.2) is 72.8 Å². The van der Waals surface area contributed by atoms with Crippen molar-refractivity contribution in [1.82, 2.24) is 4.90 Å². The smallest absolute Gasteiger partial charge is 0.309 e. The summed E-state index contributed by atoms with van der Waals surface area (Å²) in [7, 11) is 0. The Hall–Kier alpha value is -4.52. The van der Waals surface area contributed by atoms with Crippen molar-refractivity contribution in [3.05, 3.63) is 118 Å². The Labute approximate surface area is 245 Å². The van der Waals surface area contributed by atoms with Crippen LogP contribution in [0.4, 0.5) is 13.2 Å². The third-order valence-electron chi connectivity index (χ3n) is 6.95. The first-order valence-electron chi connectivity index (χ1n) is 13.0. The molecule has 0 saturated carbocycles. The van der Waals surface area contributed by atoms with E-state index in [1.807, 2.05) is 11.0 Å². The Morgan fingerprint density at radius 3 is 2.45 bits per heavy atom. The largest absolute Gasteiger partial charge is 0.488 e. The predicted molar refractivity (Wildman–Crippen MR) is 149 cm³/mol. The van der Waals surface area contributed by atoms with E-state index < -0.39 is 29.3 Å². The molecular weight excluding hydrogens is 569 g/mol. The van der Waals surface area contributed by atoms with Gasteiger partial charge in [0.15, 0.2) is 0 Å². The van der Waals surface area contributed by atoms with Gasteiger partial charge in [-0.1, -0.05) is 41.9 Å². The van der Waals surface area contributed by atoms with Crippen LogP contribution >= 0.6 is 11.6 Å². The Kier molecular flexibility index (Phi) is 8.67. The number of carbonyl (C=O) groups is 1. The molecule has 0 aromatic heterocycles. The van der Waals surface area contributed by atoms with Crippen LogP contribution in [0, 0.1) is 34.7 Å². The van der Waals surface area contributed by atoms with Crippen molar-refractivity contribution < 1.29 is 32.5 Å². The molecular formula is C32H24ClF3N2O4. The number of carboxylic acids is 1. The van der Waals surface area contributed by atoms with E-state index in [0.717, 1.165) is 23.8 Å². The molecule has 0 spiro atoms. The highest BCUT2D eigenvalue weighted by molar-refractivity contribution is 6.32. The van der Waals surface area contributed by atoms with Crippen LogP contribution in [0.1, 0.15) is 22.3 Å². The van der Waals surface area contributed by atoms with Gasteiger partial charge in [-0.15, -0.1) is 0 Å². The van der Waals surface area contributed by atoms with Gasteiger partial charge in [0, 0.05) is 48.0 Å². The molecule has 1 saturated heterocycles. The third kappa shape index (κ3) is 6.51. The summed E-state index contributed by atoms with van der Waals surface area (Å²) < 4.78 is 55.4. The van der Waals surface area contributed by atoms with E-state index in [1.54, 1.807) is 30.3 Å². The molecule has 4 aromatic carbocycles. The van der Waals surface area contributed by atoms with Gasteiger partial charge in [-0.3, -0.25) is 9.69 Å². The van der Waals surface area contributed by atoms with Gasteiger partial charge < -0.3 is 14.6 Å². The van der Waals surface area contributed by atoms with Crippen LogP contribution in [-0.4, -0.2) is 29.1 Å². The summed E-state index contributed by atoms with van der Waals surface area (Å²) >= 11 is 6.54. The lowest BCUT2D eigenvalue weighted by molar-refractivity contribution is -0.147. The molecule has 1 aliphatic heterocycles. The maximum absolute atomic E-state index is 15.4. The minimum atomic E-state index is -0.849. The standard InChI is InChI=1S/C32H24ClF3N2O4/c33-27-10-22(14-38-15-23(16-38)32(39)40)29(41-17-20-4-1-3-19(9-20)13-37)12-30(27)42-18-21-5-2-6-25(31(21)36)26-11-24(34)7-8-28(26)35/h1-12,23H,14-18H2,(H,39,40). The number of aliphatic carboxylic acids is 1. The first-order valence-corrected chi connectivity index (χ1v) is 13.3. The van der Waals surface area contributed by atoms with Crippen LogP contribution in [0.2, 0.25) is 5.02 Å². The zero-order valence-electron chi connectivity index (χ0n) is 22.1.